The van der Waals surface area contributed by atoms with Gasteiger partial charge in [-0.15, -0.1) is 0 Å². The van der Waals surface area contributed by atoms with Gasteiger partial charge >= 0.3 is 5.97 Å². The van der Waals surface area contributed by atoms with Crippen molar-refractivity contribution in [2.75, 3.05) is 24.4 Å². The Morgan fingerprint density at radius 1 is 1.19 bits per heavy atom. The minimum atomic E-state index is -0.546. The number of nitrogens with zero attached hydrogens (tertiary/aromatic N) is 2. The van der Waals surface area contributed by atoms with Crippen LogP contribution in [0.2, 0.25) is 0 Å². The van der Waals surface area contributed by atoms with Crippen LogP contribution in [0.25, 0.3) is 6.08 Å². The molecule has 0 atom stereocenters. The summed E-state index contributed by atoms with van der Waals surface area (Å²) < 4.78 is 4.50. The molecule has 0 unspecified atom stereocenters. The van der Waals surface area contributed by atoms with Crippen molar-refractivity contribution in [2.45, 2.75) is 6.92 Å². The SMILES string of the molecule is COC(=O)/C=C\c1ccc(Nc2ccc(N(C)C(C)=O)cc2)c([N+](=O)[O-])c1. The summed E-state index contributed by atoms with van der Waals surface area (Å²) >= 11 is 0. The molecule has 0 saturated heterocycles. The van der Waals surface area contributed by atoms with E-state index in [1.165, 1.54) is 37.2 Å². The van der Waals surface area contributed by atoms with Crippen molar-refractivity contribution in [2.24, 2.45) is 0 Å². The summed E-state index contributed by atoms with van der Waals surface area (Å²) in [7, 11) is 2.91. The Balaban J connectivity index is 2.25. The molecule has 0 fully saturated rings. The van der Waals surface area contributed by atoms with Gasteiger partial charge < -0.3 is 15.0 Å². The van der Waals surface area contributed by atoms with Crippen molar-refractivity contribution in [3.63, 3.8) is 0 Å². The van der Waals surface area contributed by atoms with Crippen LogP contribution in [-0.4, -0.2) is 31.0 Å². The van der Waals surface area contributed by atoms with Crippen LogP contribution in [0, 0.1) is 10.1 Å². The molecular weight excluding hydrogens is 350 g/mol. The maximum Gasteiger partial charge on any atom is 0.330 e. The summed E-state index contributed by atoms with van der Waals surface area (Å²) in [6.07, 6.45) is 2.63. The number of nitro benzene ring substituents is 1. The fraction of sp³-hybridized carbons (Fsp3) is 0.158. The first-order valence-corrected chi connectivity index (χ1v) is 7.97. The number of ether oxygens (including phenoxy) is 1. The zero-order chi connectivity index (χ0) is 20.0. The highest BCUT2D eigenvalue weighted by atomic mass is 16.6. The molecule has 2 aromatic rings. The molecule has 0 aliphatic carbocycles. The second-order valence-corrected chi connectivity index (χ2v) is 5.64. The lowest BCUT2D eigenvalue weighted by molar-refractivity contribution is -0.383. The van der Waals surface area contributed by atoms with E-state index in [2.05, 4.69) is 10.1 Å². The molecule has 2 rings (SSSR count). The molecule has 1 N–H and O–H groups in total. The van der Waals surface area contributed by atoms with E-state index in [1.807, 2.05) is 0 Å². The molecule has 140 valence electrons. The predicted octanol–water partition coefficient (Wildman–Crippen LogP) is 3.51. The Morgan fingerprint density at radius 2 is 1.85 bits per heavy atom. The van der Waals surface area contributed by atoms with Crippen molar-refractivity contribution in [1.82, 2.24) is 0 Å². The van der Waals surface area contributed by atoms with Gasteiger partial charge in [0.05, 0.1) is 12.0 Å². The molecule has 0 radical (unpaired) electrons. The van der Waals surface area contributed by atoms with Gasteiger partial charge in [0.15, 0.2) is 0 Å². The lowest BCUT2D eigenvalue weighted by Gasteiger charge is -2.15. The van der Waals surface area contributed by atoms with Gasteiger partial charge in [0.25, 0.3) is 5.69 Å². The number of anilines is 3. The number of methoxy groups -OCH3 is 1. The summed E-state index contributed by atoms with van der Waals surface area (Å²) in [5, 5.41) is 14.4. The monoisotopic (exact) mass is 369 g/mol. The van der Waals surface area contributed by atoms with Crippen LogP contribution in [0.5, 0.6) is 0 Å². The number of nitro groups is 1. The highest BCUT2D eigenvalue weighted by molar-refractivity contribution is 5.91. The lowest BCUT2D eigenvalue weighted by Crippen LogP contribution is -2.22. The standard InChI is InChI=1S/C19H19N3O5/c1-13(23)21(2)16-8-6-15(7-9-16)20-17-10-4-14(5-11-19(24)27-3)12-18(17)22(25)26/h4-12,20H,1-3H3/b11-5-. The first kappa shape index (κ1) is 19.6. The number of carbonyl (C=O) groups is 2. The fourth-order valence-corrected chi connectivity index (χ4v) is 2.25. The first-order chi connectivity index (χ1) is 12.8. The molecule has 0 saturated carbocycles. The summed E-state index contributed by atoms with van der Waals surface area (Å²) in [4.78, 5) is 34.9. The van der Waals surface area contributed by atoms with E-state index in [0.29, 0.717) is 22.6 Å². The van der Waals surface area contributed by atoms with Crippen molar-refractivity contribution in [1.29, 1.82) is 0 Å². The van der Waals surface area contributed by atoms with Gasteiger partial charge in [-0.2, -0.15) is 0 Å². The van der Waals surface area contributed by atoms with Crippen LogP contribution in [0.3, 0.4) is 0 Å². The van der Waals surface area contributed by atoms with E-state index in [-0.39, 0.29) is 11.6 Å². The third-order valence-corrected chi connectivity index (χ3v) is 3.84. The number of rotatable bonds is 6. The number of esters is 1. The first-order valence-electron chi connectivity index (χ1n) is 7.97. The lowest BCUT2D eigenvalue weighted by atomic mass is 10.1. The summed E-state index contributed by atoms with van der Waals surface area (Å²) in [6, 6.07) is 11.5. The molecule has 0 aliphatic rings. The van der Waals surface area contributed by atoms with Crippen LogP contribution in [0.15, 0.2) is 48.5 Å². The number of carbonyl (C=O) groups excluding carboxylic acids is 2. The van der Waals surface area contributed by atoms with Crippen molar-refractivity contribution in [3.8, 4) is 0 Å². The Hall–Kier alpha value is -3.68. The Kier molecular flexibility index (Phi) is 6.27. The minimum Gasteiger partial charge on any atom is -0.466 e. The molecule has 1 amide bonds. The molecule has 0 heterocycles. The Labute approximate surface area is 156 Å². The van der Waals surface area contributed by atoms with Crippen molar-refractivity contribution >= 4 is 40.7 Å². The average Bonchev–Trinajstić information content (AvgIpc) is 2.66. The summed E-state index contributed by atoms with van der Waals surface area (Å²) in [5.41, 5.74) is 2.02. The number of benzene rings is 2. The van der Waals surface area contributed by atoms with Gasteiger partial charge in [0.1, 0.15) is 5.69 Å². The van der Waals surface area contributed by atoms with E-state index in [4.69, 9.17) is 0 Å². The van der Waals surface area contributed by atoms with Crippen LogP contribution < -0.4 is 10.2 Å². The van der Waals surface area contributed by atoms with E-state index < -0.39 is 10.9 Å². The smallest absolute Gasteiger partial charge is 0.330 e. The molecule has 8 heteroatoms. The second-order valence-electron chi connectivity index (χ2n) is 5.64. The molecule has 0 aliphatic heterocycles. The predicted molar refractivity (Wildman–Crippen MR) is 103 cm³/mol. The Bertz CT molecular complexity index is 891. The van der Waals surface area contributed by atoms with Crippen molar-refractivity contribution in [3.05, 3.63) is 64.2 Å². The number of nitrogens with one attached hydrogen (secondary N) is 1. The highest BCUT2D eigenvalue weighted by Gasteiger charge is 2.15. The van der Waals surface area contributed by atoms with E-state index in [9.17, 15) is 19.7 Å². The normalized spacial score (nSPS) is 10.5. The quantitative estimate of drug-likeness (QED) is 0.362. The highest BCUT2D eigenvalue weighted by Crippen LogP contribution is 2.30. The summed E-state index contributed by atoms with van der Waals surface area (Å²) in [6.45, 7) is 1.46. The topological polar surface area (TPSA) is 102 Å². The molecule has 8 nitrogen and oxygen atoms in total. The second kappa shape index (κ2) is 8.61. The van der Waals surface area contributed by atoms with Crippen LogP contribution >= 0.6 is 0 Å². The third-order valence-electron chi connectivity index (χ3n) is 3.84. The van der Waals surface area contributed by atoms with E-state index >= 15 is 0 Å². The number of hydrogen-bond donors (Lipinski definition) is 1. The minimum absolute atomic E-state index is 0.0954. The van der Waals surface area contributed by atoms with Crippen LogP contribution in [-0.2, 0) is 14.3 Å². The maximum atomic E-state index is 11.4. The van der Waals surface area contributed by atoms with Crippen LogP contribution in [0.4, 0.5) is 22.7 Å². The van der Waals surface area contributed by atoms with Gasteiger partial charge in [-0.25, -0.2) is 4.79 Å². The van der Waals surface area contributed by atoms with E-state index in [0.717, 1.165) is 0 Å². The zero-order valence-electron chi connectivity index (χ0n) is 15.1. The van der Waals surface area contributed by atoms with E-state index in [1.54, 1.807) is 43.4 Å². The number of amides is 1. The summed E-state index contributed by atoms with van der Waals surface area (Å²) in [5.74, 6) is -0.641. The van der Waals surface area contributed by atoms with Crippen molar-refractivity contribution < 1.29 is 19.2 Å². The fourth-order valence-electron chi connectivity index (χ4n) is 2.25. The maximum absolute atomic E-state index is 11.4. The average molecular weight is 369 g/mol. The van der Waals surface area contributed by atoms with Crippen LogP contribution in [0.1, 0.15) is 12.5 Å². The molecule has 0 aromatic heterocycles. The van der Waals surface area contributed by atoms with Gasteiger partial charge in [-0.05, 0) is 42.0 Å². The van der Waals surface area contributed by atoms with Gasteiger partial charge in [-0.1, -0.05) is 6.07 Å². The molecular formula is C19H19N3O5. The number of hydrogen-bond acceptors (Lipinski definition) is 6. The molecule has 27 heavy (non-hydrogen) atoms. The largest absolute Gasteiger partial charge is 0.466 e. The molecule has 0 spiro atoms. The molecule has 2 aromatic carbocycles. The molecule has 0 bridgehead atoms. The van der Waals surface area contributed by atoms with Gasteiger partial charge in [-0.3, -0.25) is 14.9 Å². The van der Waals surface area contributed by atoms with Gasteiger partial charge in [0, 0.05) is 37.5 Å². The zero-order valence-corrected chi connectivity index (χ0v) is 15.1. The third kappa shape index (κ3) is 5.15. The Morgan fingerprint density at radius 3 is 2.41 bits per heavy atom. The van der Waals surface area contributed by atoms with Gasteiger partial charge in [0.2, 0.25) is 5.91 Å².